The fourth-order valence-corrected chi connectivity index (χ4v) is 2.50. The van der Waals surface area contributed by atoms with Crippen LogP contribution in [0.5, 0.6) is 0 Å². The van der Waals surface area contributed by atoms with Crippen LogP contribution >= 0.6 is 0 Å². The zero-order valence-corrected chi connectivity index (χ0v) is 12.8. The van der Waals surface area contributed by atoms with Gasteiger partial charge >= 0.3 is 5.97 Å². The third-order valence-corrected chi connectivity index (χ3v) is 4.24. The minimum absolute atomic E-state index is 0.341. The van der Waals surface area contributed by atoms with E-state index in [2.05, 4.69) is 0 Å². The van der Waals surface area contributed by atoms with Crippen LogP contribution in [-0.2, 0) is 16.0 Å². The van der Waals surface area contributed by atoms with Crippen LogP contribution in [0.15, 0.2) is 0 Å². The highest BCUT2D eigenvalue weighted by Gasteiger charge is 2.25. The Morgan fingerprint density at radius 1 is 1.11 bits per heavy atom. The lowest BCUT2D eigenvalue weighted by Gasteiger charge is -2.24. The monoisotopic (exact) mass is 285 g/mol. The summed E-state index contributed by atoms with van der Waals surface area (Å²) in [4.78, 5) is 12.0. The van der Waals surface area contributed by atoms with E-state index in [0.717, 1.165) is 22.3 Å². The maximum atomic E-state index is 12.0. The van der Waals surface area contributed by atoms with Crippen LogP contribution in [-0.4, -0.2) is 28.9 Å². The smallest absolute Gasteiger partial charge is 0.340 e. The van der Waals surface area contributed by atoms with Crippen LogP contribution in [0, 0.1) is 27.7 Å². The van der Waals surface area contributed by atoms with Gasteiger partial charge < -0.3 is 4.74 Å². The summed E-state index contributed by atoms with van der Waals surface area (Å²) in [5.74, 6) is -0.504. The number of nitrogens with zero attached hydrogens (tertiary/aromatic N) is 1. The maximum Gasteiger partial charge on any atom is 0.340 e. The quantitative estimate of drug-likeness (QED) is 0.683. The lowest BCUT2D eigenvalue weighted by atomic mass is 9.92. The Hall–Kier alpha value is -1.40. The van der Waals surface area contributed by atoms with E-state index in [9.17, 15) is 13.6 Å². The van der Waals surface area contributed by atoms with Crippen molar-refractivity contribution in [1.82, 2.24) is 0 Å². The van der Waals surface area contributed by atoms with Gasteiger partial charge in [-0.2, -0.15) is 0 Å². The van der Waals surface area contributed by atoms with E-state index in [1.165, 1.54) is 18.5 Å². The van der Waals surface area contributed by atoms with Crippen molar-refractivity contribution in [2.24, 2.45) is 0 Å². The molecule has 0 saturated heterocycles. The Kier molecular flexibility index (Phi) is 4.70. The number of rotatable bonds is 3. The van der Waals surface area contributed by atoms with Crippen LogP contribution < -0.4 is 4.31 Å². The third-order valence-electron chi connectivity index (χ3n) is 3.59. The van der Waals surface area contributed by atoms with E-state index < -0.39 is 17.2 Å². The highest BCUT2D eigenvalue weighted by Crippen LogP contribution is 2.34. The summed E-state index contributed by atoms with van der Waals surface area (Å²) in [5.41, 5.74) is 4.33. The molecule has 1 unspecified atom stereocenters. The van der Waals surface area contributed by atoms with Crippen molar-refractivity contribution in [2.75, 3.05) is 18.5 Å². The largest absolute Gasteiger partial charge is 0.465 e. The molecule has 0 saturated carbocycles. The van der Waals surface area contributed by atoms with Gasteiger partial charge in [0.05, 0.1) is 18.4 Å². The fourth-order valence-electron chi connectivity index (χ4n) is 2.12. The molecule has 19 heavy (non-hydrogen) atoms. The molecule has 0 aliphatic heterocycles. The van der Waals surface area contributed by atoms with E-state index in [1.54, 1.807) is 0 Å². The summed E-state index contributed by atoms with van der Waals surface area (Å²) < 4.78 is 26.5. The van der Waals surface area contributed by atoms with E-state index in [1.807, 2.05) is 27.7 Å². The summed E-state index contributed by atoms with van der Waals surface area (Å²) in [5, 5.41) is 0. The number of hydrogen-bond donors (Lipinski definition) is 1. The Balaban J connectivity index is 3.76. The molecule has 0 amide bonds. The molecule has 1 rings (SSSR count). The molecule has 0 aliphatic carbocycles. The summed E-state index contributed by atoms with van der Waals surface area (Å²) >= 11 is -2.20. The number of anilines is 1. The molecule has 1 aromatic carbocycles. The second-order valence-electron chi connectivity index (χ2n) is 4.44. The Morgan fingerprint density at radius 2 is 1.58 bits per heavy atom. The maximum absolute atomic E-state index is 12.0. The number of hydrogen-bond acceptors (Lipinski definition) is 3. The molecule has 0 aromatic heterocycles. The highest BCUT2D eigenvalue weighted by atomic mass is 32.2. The number of carbonyl (C=O) groups excluding carboxylic acids is 1. The Labute approximate surface area is 116 Å². The van der Waals surface area contributed by atoms with Crippen LogP contribution in [0.4, 0.5) is 5.69 Å². The standard InChI is InChI=1S/C13H19NO4S/c1-7-8(2)10(4)12(14(5)19(16)17)11(9(7)3)13(15)18-6/h1-6H3,(H,16,17). The minimum Gasteiger partial charge on any atom is -0.465 e. The number of benzene rings is 1. The molecule has 106 valence electrons. The zero-order valence-electron chi connectivity index (χ0n) is 12.0. The van der Waals surface area contributed by atoms with E-state index in [0.29, 0.717) is 11.3 Å². The average molecular weight is 285 g/mol. The molecule has 0 aliphatic rings. The normalized spacial score (nSPS) is 12.2. The van der Waals surface area contributed by atoms with Gasteiger partial charge in [0.15, 0.2) is 0 Å². The molecule has 0 radical (unpaired) electrons. The predicted octanol–water partition coefficient (Wildman–Crippen LogP) is 2.28. The first kappa shape index (κ1) is 15.7. The predicted molar refractivity (Wildman–Crippen MR) is 75.9 cm³/mol. The lowest BCUT2D eigenvalue weighted by molar-refractivity contribution is 0.0600. The summed E-state index contributed by atoms with van der Waals surface area (Å²) in [7, 11) is 2.77. The molecular formula is C13H19NO4S. The van der Waals surface area contributed by atoms with Crippen molar-refractivity contribution in [1.29, 1.82) is 0 Å². The van der Waals surface area contributed by atoms with Gasteiger partial charge in [-0.15, -0.1) is 0 Å². The Bertz CT molecular complexity index is 554. The van der Waals surface area contributed by atoms with Crippen LogP contribution in [0.25, 0.3) is 0 Å². The molecular weight excluding hydrogens is 266 g/mol. The van der Waals surface area contributed by atoms with Gasteiger partial charge in [0.2, 0.25) is 0 Å². The third kappa shape index (κ3) is 2.64. The van der Waals surface area contributed by atoms with Gasteiger partial charge in [0, 0.05) is 7.05 Å². The van der Waals surface area contributed by atoms with E-state index >= 15 is 0 Å². The number of carbonyl (C=O) groups is 1. The summed E-state index contributed by atoms with van der Waals surface area (Å²) in [6.45, 7) is 7.48. The van der Waals surface area contributed by atoms with Crippen molar-refractivity contribution in [3.63, 3.8) is 0 Å². The van der Waals surface area contributed by atoms with Gasteiger partial charge in [-0.25, -0.2) is 9.00 Å². The van der Waals surface area contributed by atoms with E-state index in [-0.39, 0.29) is 0 Å². The first-order valence-electron chi connectivity index (χ1n) is 5.77. The zero-order chi connectivity index (χ0) is 14.9. The molecule has 1 atom stereocenters. The molecule has 0 fully saturated rings. The Morgan fingerprint density at radius 3 is 2.00 bits per heavy atom. The van der Waals surface area contributed by atoms with Gasteiger partial charge in [-0.1, -0.05) is 0 Å². The molecule has 0 spiro atoms. The second-order valence-corrected chi connectivity index (χ2v) is 5.45. The van der Waals surface area contributed by atoms with Gasteiger partial charge in [-0.3, -0.25) is 8.86 Å². The first-order chi connectivity index (χ1) is 8.73. The van der Waals surface area contributed by atoms with Crippen molar-refractivity contribution in [3.05, 3.63) is 27.8 Å². The number of ether oxygens (including phenoxy) is 1. The van der Waals surface area contributed by atoms with Crippen LogP contribution in [0.3, 0.4) is 0 Å². The summed E-state index contributed by atoms with van der Waals surface area (Å²) in [6, 6.07) is 0. The number of methoxy groups -OCH3 is 1. The molecule has 6 heteroatoms. The van der Waals surface area contributed by atoms with Crippen molar-refractivity contribution in [3.8, 4) is 0 Å². The first-order valence-corrected chi connectivity index (χ1v) is 6.83. The number of esters is 1. The van der Waals surface area contributed by atoms with Gasteiger partial charge in [0.1, 0.15) is 0 Å². The lowest BCUT2D eigenvalue weighted by Crippen LogP contribution is -2.25. The summed E-state index contributed by atoms with van der Waals surface area (Å²) in [6.07, 6.45) is 0. The van der Waals surface area contributed by atoms with Crippen molar-refractivity contribution >= 4 is 22.9 Å². The second kappa shape index (κ2) is 5.71. The van der Waals surface area contributed by atoms with Crippen LogP contribution in [0.1, 0.15) is 32.6 Å². The topological polar surface area (TPSA) is 66.8 Å². The molecule has 0 heterocycles. The molecule has 1 aromatic rings. The minimum atomic E-state index is -2.20. The molecule has 5 nitrogen and oxygen atoms in total. The van der Waals surface area contributed by atoms with Gasteiger partial charge in [-0.05, 0) is 49.9 Å². The van der Waals surface area contributed by atoms with Crippen molar-refractivity contribution < 1.29 is 18.3 Å². The average Bonchev–Trinajstić information content (AvgIpc) is 2.38. The van der Waals surface area contributed by atoms with Crippen molar-refractivity contribution in [2.45, 2.75) is 27.7 Å². The SMILES string of the molecule is COC(=O)c1c(C)c(C)c(C)c(C)c1N(C)S(=O)O. The molecule has 1 N–H and O–H groups in total. The van der Waals surface area contributed by atoms with Gasteiger partial charge in [0.25, 0.3) is 11.3 Å². The fraction of sp³-hybridized carbons (Fsp3) is 0.462. The highest BCUT2D eigenvalue weighted by molar-refractivity contribution is 7.80. The van der Waals surface area contributed by atoms with Crippen LogP contribution in [0.2, 0.25) is 0 Å². The molecule has 0 bridgehead atoms. The van der Waals surface area contributed by atoms with E-state index in [4.69, 9.17) is 4.74 Å².